The Morgan fingerprint density at radius 2 is 1.85 bits per heavy atom. The zero-order valence-electron chi connectivity index (χ0n) is 23.0. The van der Waals surface area contributed by atoms with Crippen molar-refractivity contribution in [2.24, 2.45) is 11.8 Å². The van der Waals surface area contributed by atoms with Crippen LogP contribution in [0, 0.1) is 11.8 Å². The van der Waals surface area contributed by atoms with Gasteiger partial charge in [0.15, 0.2) is 6.29 Å². The van der Waals surface area contributed by atoms with Crippen LogP contribution in [0.2, 0.25) is 0 Å². The van der Waals surface area contributed by atoms with Crippen molar-refractivity contribution in [3.63, 3.8) is 0 Å². The van der Waals surface area contributed by atoms with Crippen molar-refractivity contribution in [2.75, 3.05) is 33.4 Å². The van der Waals surface area contributed by atoms with Gasteiger partial charge in [0.25, 0.3) is 0 Å². The number of fused-ring (bicyclic) bond motifs is 1. The number of aliphatic hydroxyl groups excluding tert-OH is 1. The van der Waals surface area contributed by atoms with Gasteiger partial charge in [-0.1, -0.05) is 50.0 Å². The Morgan fingerprint density at radius 3 is 2.51 bits per heavy atom. The predicted octanol–water partition coefficient (Wildman–Crippen LogP) is 3.79. The van der Waals surface area contributed by atoms with Gasteiger partial charge < -0.3 is 29.4 Å². The van der Waals surface area contributed by atoms with Crippen molar-refractivity contribution in [1.82, 2.24) is 9.62 Å². The summed E-state index contributed by atoms with van der Waals surface area (Å²) in [5.41, 5.74) is 2.01. The SMILES string of the molecule is [B]Cc1ccc(C[C@H](NC(=O)O[C@H]2CO[C@H]3OCC[C@H]32)[C@H](O)CN(CC(C)C)Sc2ccc(OC)cc2)cc1. The maximum absolute atomic E-state index is 13.0. The lowest BCUT2D eigenvalue weighted by Gasteiger charge is -2.30. The summed E-state index contributed by atoms with van der Waals surface area (Å²) in [4.78, 5) is 14.1. The summed E-state index contributed by atoms with van der Waals surface area (Å²) in [5.74, 6) is 1.22. The molecule has 2 aliphatic heterocycles. The lowest BCUT2D eigenvalue weighted by Crippen LogP contribution is -2.50. The van der Waals surface area contributed by atoms with Crippen molar-refractivity contribution in [3.8, 4) is 5.75 Å². The largest absolute Gasteiger partial charge is 0.497 e. The molecule has 0 bridgehead atoms. The fourth-order valence-corrected chi connectivity index (χ4v) is 6.05. The number of alkyl carbamates (subject to hydrolysis) is 1. The van der Waals surface area contributed by atoms with Gasteiger partial charge >= 0.3 is 6.09 Å². The first-order valence-corrected chi connectivity index (χ1v) is 14.3. The highest BCUT2D eigenvalue weighted by Gasteiger charge is 2.44. The molecule has 0 spiro atoms. The number of carbonyl (C=O) groups excluding carboxylic acids is 1. The molecule has 2 aromatic carbocycles. The number of nitrogens with zero attached hydrogens (tertiary/aromatic N) is 1. The van der Waals surface area contributed by atoms with Crippen LogP contribution in [0.15, 0.2) is 53.4 Å². The summed E-state index contributed by atoms with van der Waals surface area (Å²) in [6.07, 6.45) is -0.365. The monoisotopic (exact) mass is 554 g/mol. The molecule has 2 fully saturated rings. The van der Waals surface area contributed by atoms with Gasteiger partial charge in [0.1, 0.15) is 11.9 Å². The first-order valence-electron chi connectivity index (χ1n) is 13.6. The van der Waals surface area contributed by atoms with Crippen LogP contribution in [-0.4, -0.2) is 81.3 Å². The van der Waals surface area contributed by atoms with Crippen LogP contribution in [0.25, 0.3) is 0 Å². The van der Waals surface area contributed by atoms with E-state index in [4.69, 9.17) is 26.8 Å². The van der Waals surface area contributed by atoms with Crippen LogP contribution in [0.5, 0.6) is 5.75 Å². The maximum Gasteiger partial charge on any atom is 0.407 e. The summed E-state index contributed by atoms with van der Waals surface area (Å²) in [6, 6.07) is 15.2. The summed E-state index contributed by atoms with van der Waals surface area (Å²) in [5, 5.41) is 14.4. The van der Waals surface area contributed by atoms with E-state index >= 15 is 0 Å². The number of amides is 1. The number of hydrogen-bond acceptors (Lipinski definition) is 8. The second-order valence-electron chi connectivity index (χ2n) is 10.5. The van der Waals surface area contributed by atoms with E-state index < -0.39 is 18.2 Å². The molecule has 4 rings (SSSR count). The fraction of sp³-hybridized carbons (Fsp3) is 0.552. The molecule has 2 radical (unpaired) electrons. The van der Waals surface area contributed by atoms with E-state index in [0.717, 1.165) is 34.7 Å². The van der Waals surface area contributed by atoms with Gasteiger partial charge in [-0.05, 0) is 60.5 Å². The molecule has 0 saturated carbocycles. The minimum atomic E-state index is -0.848. The molecule has 5 atom stereocenters. The van der Waals surface area contributed by atoms with Gasteiger partial charge in [-0.25, -0.2) is 9.10 Å². The average molecular weight is 555 g/mol. The highest BCUT2D eigenvalue weighted by Crippen LogP contribution is 2.33. The molecule has 1 amide bonds. The van der Waals surface area contributed by atoms with Crippen molar-refractivity contribution in [2.45, 2.75) is 62.4 Å². The zero-order valence-corrected chi connectivity index (χ0v) is 23.8. The van der Waals surface area contributed by atoms with Crippen LogP contribution in [0.1, 0.15) is 31.4 Å². The highest BCUT2D eigenvalue weighted by molar-refractivity contribution is 7.97. The Bertz CT molecular complexity index is 1040. The van der Waals surface area contributed by atoms with Crippen LogP contribution < -0.4 is 10.1 Å². The van der Waals surface area contributed by atoms with E-state index in [-0.39, 0.29) is 18.3 Å². The minimum absolute atomic E-state index is 0.0466. The van der Waals surface area contributed by atoms with Crippen molar-refractivity contribution >= 4 is 25.9 Å². The third-order valence-corrected chi connectivity index (χ3v) is 8.02. The summed E-state index contributed by atoms with van der Waals surface area (Å²) in [7, 11) is 7.40. The number of nitrogens with one attached hydrogen (secondary N) is 1. The zero-order chi connectivity index (χ0) is 27.8. The topological polar surface area (TPSA) is 89.5 Å². The molecule has 2 saturated heterocycles. The molecule has 2 aromatic rings. The Labute approximate surface area is 237 Å². The number of methoxy groups -OCH3 is 1. The number of rotatable bonds is 13. The Morgan fingerprint density at radius 1 is 1.13 bits per heavy atom. The number of carbonyl (C=O) groups is 1. The molecule has 0 unspecified atom stereocenters. The quantitative estimate of drug-likeness (QED) is 0.286. The van der Waals surface area contributed by atoms with E-state index in [9.17, 15) is 9.90 Å². The van der Waals surface area contributed by atoms with Gasteiger partial charge in [-0.15, -0.1) is 0 Å². The summed E-state index contributed by atoms with van der Waals surface area (Å²) in [6.45, 7) is 6.32. The third kappa shape index (κ3) is 8.62. The minimum Gasteiger partial charge on any atom is -0.497 e. The van der Waals surface area contributed by atoms with E-state index in [1.165, 1.54) is 0 Å². The fourth-order valence-electron chi connectivity index (χ4n) is 4.90. The molecule has 8 nitrogen and oxygen atoms in total. The average Bonchev–Trinajstić information content (AvgIpc) is 3.54. The van der Waals surface area contributed by atoms with Gasteiger partial charge in [0.2, 0.25) is 0 Å². The van der Waals surface area contributed by atoms with Crippen LogP contribution in [-0.2, 0) is 27.0 Å². The van der Waals surface area contributed by atoms with E-state index in [1.807, 2.05) is 48.5 Å². The molecule has 39 heavy (non-hydrogen) atoms. The van der Waals surface area contributed by atoms with Crippen LogP contribution >= 0.6 is 11.9 Å². The van der Waals surface area contributed by atoms with Gasteiger partial charge in [-0.2, -0.15) is 0 Å². The highest BCUT2D eigenvalue weighted by atomic mass is 32.2. The standard InChI is InChI=1S/C29H39BN2O6S/c1-19(2)16-32(39-23-10-8-22(35-3)9-11-23)17-26(33)25(14-20-4-6-21(15-30)7-5-20)31-29(34)38-27-18-37-28-24(27)12-13-36-28/h4-11,19,24-28,33H,12-18H2,1-3H3,(H,31,34)/t24-,25-,26+,27-,28+/m0/s1. The second-order valence-corrected chi connectivity index (χ2v) is 11.7. The molecular formula is C29H39BN2O6S. The van der Waals surface area contributed by atoms with E-state index in [1.54, 1.807) is 19.1 Å². The molecule has 0 aromatic heterocycles. The first-order chi connectivity index (χ1) is 18.8. The van der Waals surface area contributed by atoms with E-state index in [2.05, 4.69) is 23.5 Å². The van der Waals surface area contributed by atoms with Crippen molar-refractivity contribution in [1.29, 1.82) is 0 Å². The van der Waals surface area contributed by atoms with Crippen LogP contribution in [0.3, 0.4) is 0 Å². The Hall–Kier alpha value is -2.24. The first kappa shape index (κ1) is 29.7. The molecule has 2 aliphatic rings. The Balaban J connectivity index is 1.45. The lowest BCUT2D eigenvalue weighted by atomic mass is 9.94. The van der Waals surface area contributed by atoms with Gasteiger partial charge in [0, 0.05) is 18.0 Å². The molecule has 0 aliphatic carbocycles. The number of benzene rings is 2. The normalized spacial score (nSPS) is 22.1. The number of ether oxygens (including phenoxy) is 4. The molecule has 10 heteroatoms. The van der Waals surface area contributed by atoms with Gasteiger partial charge in [-0.3, -0.25) is 0 Å². The van der Waals surface area contributed by atoms with Gasteiger partial charge in [0.05, 0.1) is 46.2 Å². The van der Waals surface area contributed by atoms with Crippen molar-refractivity contribution < 1.29 is 28.8 Å². The maximum atomic E-state index is 13.0. The number of aliphatic hydroxyl groups is 1. The summed E-state index contributed by atoms with van der Waals surface area (Å²) < 4.78 is 24.3. The third-order valence-electron chi connectivity index (χ3n) is 6.98. The molecule has 210 valence electrons. The smallest absolute Gasteiger partial charge is 0.407 e. The summed E-state index contributed by atoms with van der Waals surface area (Å²) >= 11 is 1.58. The van der Waals surface area contributed by atoms with Crippen molar-refractivity contribution in [3.05, 3.63) is 59.7 Å². The number of hydrogen-bond donors (Lipinski definition) is 2. The lowest BCUT2D eigenvalue weighted by molar-refractivity contribution is -0.0907. The van der Waals surface area contributed by atoms with E-state index in [0.29, 0.717) is 38.4 Å². The second kappa shape index (κ2) is 14.4. The Kier molecular flexibility index (Phi) is 11.0. The van der Waals surface area contributed by atoms with Crippen LogP contribution in [0.4, 0.5) is 4.79 Å². The molecular weight excluding hydrogens is 515 g/mol. The molecule has 2 N–H and O–H groups in total. The molecule has 2 heterocycles. The predicted molar refractivity (Wildman–Crippen MR) is 152 cm³/mol.